The summed E-state index contributed by atoms with van der Waals surface area (Å²) < 4.78 is 21.5. The lowest BCUT2D eigenvalue weighted by Gasteiger charge is -2.08. The number of ether oxygens (including phenoxy) is 4. The molecule has 0 aliphatic carbocycles. The Bertz CT molecular complexity index is 349. The van der Waals surface area contributed by atoms with Crippen molar-refractivity contribution in [1.29, 1.82) is 0 Å². The molecule has 0 aromatic heterocycles. The molecule has 154 valence electrons. The standard InChI is InChI=1S/C19H37NO6/c1-4-5-6-19(22)20-8-10-24-12-14-26-16-15-25-13-11-23-9-7-18(21)17(2)3/h17H,4-16H2,1-3H3,(H,20,22). The number of hydrogen-bond donors (Lipinski definition) is 1. The third-order valence-corrected chi connectivity index (χ3v) is 3.58. The van der Waals surface area contributed by atoms with Gasteiger partial charge in [0.25, 0.3) is 0 Å². The summed E-state index contributed by atoms with van der Waals surface area (Å²) in [4.78, 5) is 22.7. The van der Waals surface area contributed by atoms with Gasteiger partial charge in [-0.05, 0) is 6.42 Å². The van der Waals surface area contributed by atoms with Gasteiger partial charge in [-0.3, -0.25) is 9.59 Å². The van der Waals surface area contributed by atoms with Crippen LogP contribution in [0.2, 0.25) is 0 Å². The summed E-state index contributed by atoms with van der Waals surface area (Å²) in [6.07, 6.45) is 2.99. The van der Waals surface area contributed by atoms with Gasteiger partial charge >= 0.3 is 0 Å². The van der Waals surface area contributed by atoms with Crippen LogP contribution in [0.4, 0.5) is 0 Å². The SMILES string of the molecule is CCCCC(=O)NCCOCCOCCOCCOCCC(=O)C(C)C. The number of ketones is 1. The molecule has 0 aromatic carbocycles. The second kappa shape index (κ2) is 18.8. The minimum absolute atomic E-state index is 0.0699. The van der Waals surface area contributed by atoms with E-state index in [2.05, 4.69) is 12.2 Å². The van der Waals surface area contributed by atoms with Crippen molar-refractivity contribution >= 4 is 11.7 Å². The third kappa shape index (κ3) is 17.8. The Labute approximate surface area is 158 Å². The number of amides is 1. The van der Waals surface area contributed by atoms with Crippen molar-refractivity contribution in [2.45, 2.75) is 46.5 Å². The third-order valence-electron chi connectivity index (χ3n) is 3.58. The van der Waals surface area contributed by atoms with Crippen molar-refractivity contribution in [2.75, 3.05) is 59.4 Å². The zero-order valence-electron chi connectivity index (χ0n) is 16.7. The second-order valence-electron chi connectivity index (χ2n) is 6.27. The minimum atomic E-state index is 0.0699. The van der Waals surface area contributed by atoms with Crippen LogP contribution in [0.5, 0.6) is 0 Å². The van der Waals surface area contributed by atoms with Crippen LogP contribution < -0.4 is 5.32 Å². The topological polar surface area (TPSA) is 83.1 Å². The molecule has 0 aliphatic rings. The first kappa shape index (κ1) is 25.0. The first-order valence-corrected chi connectivity index (χ1v) is 9.68. The minimum Gasteiger partial charge on any atom is -0.379 e. The zero-order chi connectivity index (χ0) is 19.5. The summed E-state index contributed by atoms with van der Waals surface area (Å²) in [6.45, 7) is 10.3. The van der Waals surface area contributed by atoms with Crippen LogP contribution in [-0.2, 0) is 28.5 Å². The van der Waals surface area contributed by atoms with Gasteiger partial charge in [-0.25, -0.2) is 0 Å². The van der Waals surface area contributed by atoms with Crippen molar-refractivity contribution in [3.05, 3.63) is 0 Å². The van der Waals surface area contributed by atoms with Crippen molar-refractivity contribution in [1.82, 2.24) is 5.32 Å². The maximum Gasteiger partial charge on any atom is 0.220 e. The summed E-state index contributed by atoms with van der Waals surface area (Å²) in [5.41, 5.74) is 0. The highest BCUT2D eigenvalue weighted by atomic mass is 16.6. The molecule has 0 rings (SSSR count). The number of rotatable bonds is 19. The van der Waals surface area contributed by atoms with Crippen LogP contribution in [-0.4, -0.2) is 71.1 Å². The normalized spacial score (nSPS) is 11.1. The predicted octanol–water partition coefficient (Wildman–Crippen LogP) is 1.97. The molecule has 26 heavy (non-hydrogen) atoms. The first-order valence-electron chi connectivity index (χ1n) is 9.68. The second-order valence-corrected chi connectivity index (χ2v) is 6.27. The fourth-order valence-corrected chi connectivity index (χ4v) is 1.91. The molecular weight excluding hydrogens is 338 g/mol. The smallest absolute Gasteiger partial charge is 0.220 e. The van der Waals surface area contributed by atoms with Gasteiger partial charge in [0.2, 0.25) is 5.91 Å². The highest BCUT2D eigenvalue weighted by Crippen LogP contribution is 1.98. The Kier molecular flexibility index (Phi) is 18.0. The molecule has 0 saturated carbocycles. The van der Waals surface area contributed by atoms with E-state index in [1.165, 1.54) is 0 Å². The van der Waals surface area contributed by atoms with Crippen LogP contribution in [0.25, 0.3) is 0 Å². The average molecular weight is 376 g/mol. The first-order chi connectivity index (χ1) is 12.6. The molecule has 0 aliphatic heterocycles. The molecule has 1 amide bonds. The highest BCUT2D eigenvalue weighted by molar-refractivity contribution is 5.80. The molecule has 0 bridgehead atoms. The van der Waals surface area contributed by atoms with Crippen LogP contribution >= 0.6 is 0 Å². The van der Waals surface area contributed by atoms with Crippen LogP contribution in [0.3, 0.4) is 0 Å². The molecule has 0 aromatic rings. The summed E-state index contributed by atoms with van der Waals surface area (Å²) in [7, 11) is 0. The summed E-state index contributed by atoms with van der Waals surface area (Å²) in [5, 5.41) is 2.81. The number of carbonyl (C=O) groups is 2. The maximum absolute atomic E-state index is 11.4. The number of carbonyl (C=O) groups excluding carboxylic acids is 2. The van der Waals surface area contributed by atoms with E-state index in [4.69, 9.17) is 18.9 Å². The van der Waals surface area contributed by atoms with E-state index in [-0.39, 0.29) is 17.6 Å². The van der Waals surface area contributed by atoms with Crippen molar-refractivity contribution in [3.8, 4) is 0 Å². The molecule has 1 N–H and O–H groups in total. The molecular formula is C19H37NO6. The molecule has 0 atom stereocenters. The molecule has 7 nitrogen and oxygen atoms in total. The fraction of sp³-hybridized carbons (Fsp3) is 0.895. The van der Waals surface area contributed by atoms with Crippen molar-refractivity contribution in [2.24, 2.45) is 5.92 Å². The van der Waals surface area contributed by atoms with E-state index in [0.29, 0.717) is 72.2 Å². The zero-order valence-corrected chi connectivity index (χ0v) is 16.7. The van der Waals surface area contributed by atoms with Crippen LogP contribution in [0.1, 0.15) is 46.5 Å². The summed E-state index contributed by atoms with van der Waals surface area (Å²) >= 11 is 0. The maximum atomic E-state index is 11.4. The monoisotopic (exact) mass is 375 g/mol. The summed E-state index contributed by atoms with van der Waals surface area (Å²) in [5.74, 6) is 0.375. The lowest BCUT2D eigenvalue weighted by Crippen LogP contribution is -2.27. The lowest BCUT2D eigenvalue weighted by molar-refractivity contribution is -0.123. The number of Topliss-reactive ketones (excluding diaryl/α,β-unsaturated/α-hetero) is 1. The van der Waals surface area contributed by atoms with E-state index in [0.717, 1.165) is 12.8 Å². The van der Waals surface area contributed by atoms with Gasteiger partial charge in [0.1, 0.15) is 5.78 Å². The van der Waals surface area contributed by atoms with E-state index >= 15 is 0 Å². The highest BCUT2D eigenvalue weighted by Gasteiger charge is 2.06. The Morgan fingerprint density at radius 3 is 1.77 bits per heavy atom. The molecule has 0 saturated heterocycles. The molecule has 0 radical (unpaired) electrons. The van der Waals surface area contributed by atoms with E-state index in [1.54, 1.807) is 0 Å². The molecule has 0 heterocycles. The molecule has 0 spiro atoms. The van der Waals surface area contributed by atoms with Crippen LogP contribution in [0.15, 0.2) is 0 Å². The Morgan fingerprint density at radius 2 is 1.27 bits per heavy atom. The quantitative estimate of drug-likeness (QED) is 0.348. The van der Waals surface area contributed by atoms with Crippen LogP contribution in [0, 0.1) is 5.92 Å². The Morgan fingerprint density at radius 1 is 0.769 bits per heavy atom. The number of hydrogen-bond acceptors (Lipinski definition) is 6. The predicted molar refractivity (Wildman–Crippen MR) is 100 cm³/mol. The van der Waals surface area contributed by atoms with Gasteiger partial charge in [0.05, 0.1) is 52.9 Å². The van der Waals surface area contributed by atoms with Gasteiger partial charge in [-0.2, -0.15) is 0 Å². The van der Waals surface area contributed by atoms with Crippen molar-refractivity contribution < 1.29 is 28.5 Å². The number of nitrogens with one attached hydrogen (secondary N) is 1. The van der Waals surface area contributed by atoms with E-state index in [9.17, 15) is 9.59 Å². The van der Waals surface area contributed by atoms with Gasteiger partial charge in [0, 0.05) is 25.3 Å². The largest absolute Gasteiger partial charge is 0.379 e. The molecule has 0 fully saturated rings. The molecule has 7 heteroatoms. The number of unbranched alkanes of at least 4 members (excludes halogenated alkanes) is 1. The summed E-state index contributed by atoms with van der Waals surface area (Å²) in [6, 6.07) is 0. The Hall–Kier alpha value is -1.02. The Balaban J connectivity index is 3.13. The average Bonchev–Trinajstić information content (AvgIpc) is 2.62. The fourth-order valence-electron chi connectivity index (χ4n) is 1.91. The van der Waals surface area contributed by atoms with Gasteiger partial charge in [-0.1, -0.05) is 27.2 Å². The van der Waals surface area contributed by atoms with Gasteiger partial charge in [-0.15, -0.1) is 0 Å². The van der Waals surface area contributed by atoms with Crippen molar-refractivity contribution in [3.63, 3.8) is 0 Å². The molecule has 0 unspecified atom stereocenters. The van der Waals surface area contributed by atoms with Gasteiger partial charge < -0.3 is 24.3 Å². The lowest BCUT2D eigenvalue weighted by atomic mass is 10.1. The van der Waals surface area contributed by atoms with Gasteiger partial charge in [0.15, 0.2) is 0 Å². The van der Waals surface area contributed by atoms with E-state index < -0.39 is 0 Å². The van der Waals surface area contributed by atoms with E-state index in [1.807, 2.05) is 13.8 Å².